The fourth-order valence-corrected chi connectivity index (χ4v) is 6.47. The Labute approximate surface area is 194 Å². The highest BCUT2D eigenvalue weighted by Gasteiger charge is 2.36. The molecule has 0 aliphatic carbocycles. The molecule has 0 aromatic carbocycles. The number of piperidine rings is 1. The molecule has 0 saturated carbocycles. The molecule has 4 heterocycles. The Morgan fingerprint density at radius 1 is 1.12 bits per heavy atom. The topological polar surface area (TPSA) is 118 Å². The first-order valence-electron chi connectivity index (χ1n) is 11.3. The standard InChI is InChI=1S/C22H30N6O4S/c1-16-21(17(2)28(25-16)15-20(29)26-11-5-6-12-26)33(31,32)27-13-7-8-18(14-27)22(30)24-19-9-3-4-10-23-19/h3-4,9-10,18H,5-8,11-15H2,1-2H3,(H,23,24,30). The van der Waals surface area contributed by atoms with Gasteiger partial charge in [-0.15, -0.1) is 0 Å². The van der Waals surface area contributed by atoms with Crippen molar-refractivity contribution in [2.45, 2.75) is 51.0 Å². The quantitative estimate of drug-likeness (QED) is 0.679. The lowest BCUT2D eigenvalue weighted by molar-refractivity contribution is -0.131. The molecular weight excluding hydrogens is 444 g/mol. The van der Waals surface area contributed by atoms with Crippen molar-refractivity contribution in [3.63, 3.8) is 0 Å². The number of likely N-dealkylation sites (tertiary alicyclic amines) is 1. The second-order valence-electron chi connectivity index (χ2n) is 8.65. The minimum Gasteiger partial charge on any atom is -0.341 e. The minimum atomic E-state index is -3.87. The van der Waals surface area contributed by atoms with Crippen LogP contribution in [0.25, 0.3) is 0 Å². The first-order chi connectivity index (χ1) is 15.8. The summed E-state index contributed by atoms with van der Waals surface area (Å²) in [4.78, 5) is 31.3. The van der Waals surface area contributed by atoms with E-state index in [1.54, 1.807) is 43.1 Å². The molecule has 0 spiro atoms. The van der Waals surface area contributed by atoms with E-state index >= 15 is 0 Å². The average molecular weight is 475 g/mol. The molecular formula is C22H30N6O4S. The third-order valence-electron chi connectivity index (χ3n) is 6.33. The van der Waals surface area contributed by atoms with Gasteiger partial charge in [-0.3, -0.25) is 14.3 Å². The fraction of sp³-hybridized carbons (Fsp3) is 0.545. The summed E-state index contributed by atoms with van der Waals surface area (Å²) in [5.74, 6) is -0.318. The van der Waals surface area contributed by atoms with Gasteiger partial charge < -0.3 is 10.2 Å². The number of sulfonamides is 1. The monoisotopic (exact) mass is 474 g/mol. The number of carbonyl (C=O) groups excluding carboxylic acids is 2. The van der Waals surface area contributed by atoms with Crippen LogP contribution in [0.5, 0.6) is 0 Å². The highest BCUT2D eigenvalue weighted by molar-refractivity contribution is 7.89. The van der Waals surface area contributed by atoms with E-state index in [2.05, 4.69) is 15.4 Å². The van der Waals surface area contributed by atoms with Gasteiger partial charge in [0.25, 0.3) is 0 Å². The summed E-state index contributed by atoms with van der Waals surface area (Å²) in [5.41, 5.74) is 0.807. The number of nitrogens with zero attached hydrogens (tertiary/aromatic N) is 5. The van der Waals surface area contributed by atoms with Crippen molar-refractivity contribution in [3.05, 3.63) is 35.8 Å². The number of pyridine rings is 1. The lowest BCUT2D eigenvalue weighted by atomic mass is 9.99. The molecule has 1 atom stereocenters. The molecule has 33 heavy (non-hydrogen) atoms. The Hall–Kier alpha value is -2.79. The average Bonchev–Trinajstić information content (AvgIpc) is 3.43. The van der Waals surface area contributed by atoms with Crippen LogP contribution in [-0.4, -0.2) is 70.4 Å². The SMILES string of the molecule is Cc1nn(CC(=O)N2CCCC2)c(C)c1S(=O)(=O)N1CCCC(C(=O)Nc2ccccn2)C1. The number of amides is 2. The Bertz CT molecular complexity index is 1130. The van der Waals surface area contributed by atoms with Gasteiger partial charge in [-0.05, 0) is 51.7 Å². The summed E-state index contributed by atoms with van der Waals surface area (Å²) in [6.07, 6.45) is 4.76. The first-order valence-corrected chi connectivity index (χ1v) is 12.7. The number of anilines is 1. The number of rotatable bonds is 6. The molecule has 2 aliphatic rings. The number of aromatic nitrogens is 3. The molecule has 11 heteroatoms. The Kier molecular flexibility index (Phi) is 6.80. The maximum Gasteiger partial charge on any atom is 0.246 e. The van der Waals surface area contributed by atoms with Crippen LogP contribution in [0.2, 0.25) is 0 Å². The van der Waals surface area contributed by atoms with Crippen LogP contribution in [0.3, 0.4) is 0 Å². The van der Waals surface area contributed by atoms with Gasteiger partial charge in [0.1, 0.15) is 17.3 Å². The maximum absolute atomic E-state index is 13.5. The van der Waals surface area contributed by atoms with Crippen molar-refractivity contribution in [1.82, 2.24) is 24.0 Å². The molecule has 2 aromatic heterocycles. The molecule has 178 valence electrons. The molecule has 1 N–H and O–H groups in total. The third-order valence-corrected chi connectivity index (χ3v) is 8.45. The lowest BCUT2D eigenvalue weighted by Gasteiger charge is -2.31. The minimum absolute atomic E-state index is 0.0251. The van der Waals surface area contributed by atoms with Crippen molar-refractivity contribution < 1.29 is 18.0 Å². The smallest absolute Gasteiger partial charge is 0.246 e. The molecule has 2 amide bonds. The van der Waals surface area contributed by atoms with Gasteiger partial charge in [0.2, 0.25) is 21.8 Å². The number of hydrogen-bond acceptors (Lipinski definition) is 6. The van der Waals surface area contributed by atoms with Crippen LogP contribution in [0.1, 0.15) is 37.1 Å². The summed E-state index contributed by atoms with van der Waals surface area (Å²) in [6.45, 7) is 5.25. The highest BCUT2D eigenvalue weighted by Crippen LogP contribution is 2.28. The number of hydrogen-bond donors (Lipinski definition) is 1. The second kappa shape index (κ2) is 9.60. The van der Waals surface area contributed by atoms with E-state index in [1.165, 1.54) is 8.99 Å². The van der Waals surface area contributed by atoms with E-state index in [4.69, 9.17) is 0 Å². The molecule has 2 aromatic rings. The Morgan fingerprint density at radius 2 is 1.88 bits per heavy atom. The van der Waals surface area contributed by atoms with Gasteiger partial charge in [-0.2, -0.15) is 9.40 Å². The van der Waals surface area contributed by atoms with Crippen LogP contribution in [-0.2, 0) is 26.2 Å². The van der Waals surface area contributed by atoms with E-state index in [9.17, 15) is 18.0 Å². The van der Waals surface area contributed by atoms with E-state index in [-0.39, 0.29) is 29.8 Å². The van der Waals surface area contributed by atoms with E-state index < -0.39 is 15.9 Å². The number of carbonyl (C=O) groups is 2. The summed E-state index contributed by atoms with van der Waals surface area (Å²) >= 11 is 0. The highest BCUT2D eigenvalue weighted by atomic mass is 32.2. The molecule has 2 saturated heterocycles. The van der Waals surface area contributed by atoms with Crippen LogP contribution < -0.4 is 5.32 Å². The molecule has 4 rings (SSSR count). The third kappa shape index (κ3) is 4.93. The largest absolute Gasteiger partial charge is 0.341 e. The van der Waals surface area contributed by atoms with Crippen molar-refractivity contribution in [2.24, 2.45) is 5.92 Å². The van der Waals surface area contributed by atoms with Gasteiger partial charge in [-0.1, -0.05) is 6.07 Å². The lowest BCUT2D eigenvalue weighted by Crippen LogP contribution is -2.44. The molecule has 0 bridgehead atoms. The van der Waals surface area contributed by atoms with Crippen LogP contribution in [0.4, 0.5) is 5.82 Å². The van der Waals surface area contributed by atoms with Crippen LogP contribution in [0.15, 0.2) is 29.3 Å². The van der Waals surface area contributed by atoms with E-state index in [0.29, 0.717) is 36.6 Å². The summed E-state index contributed by atoms with van der Waals surface area (Å²) in [6, 6.07) is 5.23. The van der Waals surface area contributed by atoms with Crippen LogP contribution >= 0.6 is 0 Å². The predicted molar refractivity (Wildman–Crippen MR) is 122 cm³/mol. The fourth-order valence-electron chi connectivity index (χ4n) is 4.57. The Morgan fingerprint density at radius 3 is 2.58 bits per heavy atom. The summed E-state index contributed by atoms with van der Waals surface area (Å²) in [5, 5.41) is 7.14. The molecule has 10 nitrogen and oxygen atoms in total. The predicted octanol–water partition coefficient (Wildman–Crippen LogP) is 1.56. The zero-order valence-corrected chi connectivity index (χ0v) is 19.8. The zero-order valence-electron chi connectivity index (χ0n) is 19.0. The van der Waals surface area contributed by atoms with Gasteiger partial charge >= 0.3 is 0 Å². The van der Waals surface area contributed by atoms with Crippen molar-refractivity contribution in [2.75, 3.05) is 31.5 Å². The normalized spacial score (nSPS) is 19.6. The first kappa shape index (κ1) is 23.4. The molecule has 2 fully saturated rings. The Balaban J connectivity index is 1.49. The maximum atomic E-state index is 13.5. The number of aryl methyl sites for hydroxylation is 1. The van der Waals surface area contributed by atoms with Crippen molar-refractivity contribution >= 4 is 27.7 Å². The summed E-state index contributed by atoms with van der Waals surface area (Å²) < 4.78 is 29.9. The van der Waals surface area contributed by atoms with Gasteiger partial charge in [0.15, 0.2) is 0 Å². The van der Waals surface area contributed by atoms with Gasteiger partial charge in [-0.25, -0.2) is 13.4 Å². The second-order valence-corrected chi connectivity index (χ2v) is 10.5. The number of nitrogens with one attached hydrogen (secondary N) is 1. The van der Waals surface area contributed by atoms with Crippen molar-refractivity contribution in [3.8, 4) is 0 Å². The molecule has 2 aliphatic heterocycles. The zero-order chi connectivity index (χ0) is 23.6. The van der Waals surface area contributed by atoms with Gasteiger partial charge in [0, 0.05) is 32.4 Å². The van der Waals surface area contributed by atoms with Crippen molar-refractivity contribution in [1.29, 1.82) is 0 Å². The van der Waals surface area contributed by atoms with E-state index in [0.717, 1.165) is 25.9 Å². The molecule has 1 unspecified atom stereocenters. The summed E-state index contributed by atoms with van der Waals surface area (Å²) in [7, 11) is -3.87. The van der Waals surface area contributed by atoms with Crippen LogP contribution in [0, 0.1) is 19.8 Å². The molecule has 0 radical (unpaired) electrons. The van der Waals surface area contributed by atoms with Gasteiger partial charge in [0.05, 0.1) is 17.3 Å². The van der Waals surface area contributed by atoms with E-state index in [1.807, 2.05) is 0 Å².